The number of rotatable bonds is 3. The predicted octanol–water partition coefficient (Wildman–Crippen LogP) is 3.91. The fraction of sp³-hybridized carbons (Fsp3) is 0.182. The lowest BCUT2D eigenvalue weighted by Gasteiger charge is -2.11. The normalized spacial score (nSPS) is 12.7. The van der Waals surface area contributed by atoms with Crippen LogP contribution in [0.25, 0.3) is 0 Å². The van der Waals surface area contributed by atoms with Crippen molar-refractivity contribution >= 4 is 43.2 Å². The maximum atomic E-state index is 6.15. The van der Waals surface area contributed by atoms with E-state index in [2.05, 4.69) is 42.2 Å². The molecular formula is C11H10Br2N2S. The van der Waals surface area contributed by atoms with Gasteiger partial charge in [0.15, 0.2) is 0 Å². The highest BCUT2D eigenvalue weighted by Gasteiger charge is 2.13. The third kappa shape index (κ3) is 2.71. The van der Waals surface area contributed by atoms with E-state index in [4.69, 9.17) is 5.73 Å². The molecule has 0 radical (unpaired) electrons. The van der Waals surface area contributed by atoms with Crippen molar-refractivity contribution in [2.24, 2.45) is 5.73 Å². The first-order chi connectivity index (χ1) is 7.68. The van der Waals surface area contributed by atoms with Gasteiger partial charge in [-0.05, 0) is 55.4 Å². The highest BCUT2D eigenvalue weighted by molar-refractivity contribution is 9.10. The van der Waals surface area contributed by atoms with E-state index < -0.39 is 0 Å². The second-order valence-corrected chi connectivity index (χ2v) is 6.08. The minimum absolute atomic E-state index is 0.0782. The molecule has 0 aliphatic heterocycles. The summed E-state index contributed by atoms with van der Waals surface area (Å²) in [6.07, 6.45) is 2.57. The van der Waals surface area contributed by atoms with Crippen LogP contribution in [0.1, 0.15) is 16.6 Å². The fourth-order valence-corrected chi connectivity index (χ4v) is 3.56. The summed E-state index contributed by atoms with van der Waals surface area (Å²) in [5.41, 5.74) is 7.05. The Morgan fingerprint density at radius 1 is 1.31 bits per heavy atom. The zero-order valence-electron chi connectivity index (χ0n) is 8.36. The van der Waals surface area contributed by atoms with Crippen LogP contribution >= 0.6 is 43.2 Å². The highest BCUT2D eigenvalue weighted by Crippen LogP contribution is 2.28. The van der Waals surface area contributed by atoms with Crippen molar-refractivity contribution in [3.05, 3.63) is 49.3 Å². The SMILES string of the molecule is NC(Cc1sccc1Br)c1ncccc1Br. The molecule has 0 aromatic carbocycles. The Hall–Kier alpha value is -0.230. The quantitative estimate of drug-likeness (QED) is 0.899. The molecular weight excluding hydrogens is 352 g/mol. The topological polar surface area (TPSA) is 38.9 Å². The molecule has 2 aromatic rings. The summed E-state index contributed by atoms with van der Waals surface area (Å²) in [5, 5.41) is 2.06. The lowest BCUT2D eigenvalue weighted by atomic mass is 10.1. The van der Waals surface area contributed by atoms with Crippen LogP contribution in [0.2, 0.25) is 0 Å². The maximum absolute atomic E-state index is 6.15. The number of hydrogen-bond acceptors (Lipinski definition) is 3. The number of nitrogens with two attached hydrogens (primary N) is 1. The fourth-order valence-electron chi connectivity index (χ4n) is 1.44. The monoisotopic (exact) mass is 360 g/mol. The number of pyridine rings is 1. The molecule has 0 amide bonds. The minimum atomic E-state index is -0.0782. The average molecular weight is 362 g/mol. The van der Waals surface area contributed by atoms with Gasteiger partial charge in [0.1, 0.15) is 0 Å². The van der Waals surface area contributed by atoms with E-state index in [9.17, 15) is 0 Å². The smallest absolute Gasteiger partial charge is 0.0716 e. The van der Waals surface area contributed by atoms with Gasteiger partial charge in [0, 0.05) is 26.4 Å². The van der Waals surface area contributed by atoms with Crippen LogP contribution < -0.4 is 5.73 Å². The van der Waals surface area contributed by atoms with Crippen LogP contribution in [-0.4, -0.2) is 4.98 Å². The van der Waals surface area contributed by atoms with Crippen LogP contribution in [-0.2, 0) is 6.42 Å². The molecule has 2 rings (SSSR count). The van der Waals surface area contributed by atoms with E-state index in [0.717, 1.165) is 21.1 Å². The summed E-state index contributed by atoms with van der Waals surface area (Å²) >= 11 is 8.69. The highest BCUT2D eigenvalue weighted by atomic mass is 79.9. The molecule has 1 atom stereocenters. The largest absolute Gasteiger partial charge is 0.322 e. The van der Waals surface area contributed by atoms with Crippen molar-refractivity contribution in [1.29, 1.82) is 0 Å². The zero-order chi connectivity index (χ0) is 11.5. The summed E-state index contributed by atoms with van der Waals surface area (Å²) in [7, 11) is 0. The molecule has 16 heavy (non-hydrogen) atoms. The van der Waals surface area contributed by atoms with Crippen molar-refractivity contribution in [1.82, 2.24) is 4.98 Å². The van der Waals surface area contributed by atoms with Crippen molar-refractivity contribution in [3.8, 4) is 0 Å². The molecule has 2 aromatic heterocycles. The molecule has 2 N–H and O–H groups in total. The average Bonchev–Trinajstić information content (AvgIpc) is 2.65. The first kappa shape index (κ1) is 12.2. The Morgan fingerprint density at radius 2 is 2.12 bits per heavy atom. The zero-order valence-corrected chi connectivity index (χ0v) is 12.3. The van der Waals surface area contributed by atoms with Crippen molar-refractivity contribution in [3.63, 3.8) is 0 Å². The van der Waals surface area contributed by atoms with E-state index in [1.165, 1.54) is 4.88 Å². The van der Waals surface area contributed by atoms with E-state index in [0.29, 0.717) is 0 Å². The molecule has 5 heteroatoms. The number of nitrogens with zero attached hydrogens (tertiary/aromatic N) is 1. The molecule has 0 saturated carbocycles. The van der Waals surface area contributed by atoms with Gasteiger partial charge in [-0.2, -0.15) is 0 Å². The van der Waals surface area contributed by atoms with Crippen LogP contribution in [0, 0.1) is 0 Å². The van der Waals surface area contributed by atoms with Gasteiger partial charge in [-0.3, -0.25) is 4.98 Å². The summed E-state index contributed by atoms with van der Waals surface area (Å²) in [6, 6.07) is 5.82. The Balaban J connectivity index is 2.18. The first-order valence-corrected chi connectivity index (χ1v) is 7.23. The molecule has 0 bridgehead atoms. The molecule has 2 nitrogen and oxygen atoms in total. The Morgan fingerprint density at radius 3 is 2.75 bits per heavy atom. The minimum Gasteiger partial charge on any atom is -0.322 e. The number of thiophene rings is 1. The van der Waals surface area contributed by atoms with Crippen molar-refractivity contribution in [2.75, 3.05) is 0 Å². The van der Waals surface area contributed by atoms with Crippen LogP contribution in [0.3, 0.4) is 0 Å². The van der Waals surface area contributed by atoms with Gasteiger partial charge in [0.25, 0.3) is 0 Å². The van der Waals surface area contributed by atoms with Gasteiger partial charge < -0.3 is 5.73 Å². The van der Waals surface area contributed by atoms with Crippen LogP contribution in [0.4, 0.5) is 0 Å². The summed E-state index contributed by atoms with van der Waals surface area (Å²) in [6.45, 7) is 0. The van der Waals surface area contributed by atoms with Crippen LogP contribution in [0.5, 0.6) is 0 Å². The molecule has 0 aliphatic carbocycles. The summed E-state index contributed by atoms with van der Waals surface area (Å²) in [4.78, 5) is 5.56. The van der Waals surface area contributed by atoms with E-state index in [-0.39, 0.29) is 6.04 Å². The lowest BCUT2D eigenvalue weighted by Crippen LogP contribution is -2.15. The summed E-state index contributed by atoms with van der Waals surface area (Å²) in [5.74, 6) is 0. The van der Waals surface area contributed by atoms with Crippen LogP contribution in [0.15, 0.2) is 38.7 Å². The molecule has 0 saturated heterocycles. The molecule has 1 unspecified atom stereocenters. The molecule has 0 fully saturated rings. The van der Waals surface area contributed by atoms with Gasteiger partial charge in [0.05, 0.1) is 11.7 Å². The van der Waals surface area contributed by atoms with Gasteiger partial charge in [0.2, 0.25) is 0 Å². The Labute approximate surface area is 115 Å². The molecule has 0 aliphatic rings. The standard InChI is InChI=1S/C11H10Br2N2S/c12-7-3-5-16-10(7)6-9(14)11-8(13)2-1-4-15-11/h1-5,9H,6,14H2. The van der Waals surface area contributed by atoms with Crippen molar-refractivity contribution < 1.29 is 0 Å². The Kier molecular flexibility index (Phi) is 4.13. The van der Waals surface area contributed by atoms with E-state index in [1.807, 2.05) is 18.2 Å². The van der Waals surface area contributed by atoms with E-state index >= 15 is 0 Å². The van der Waals surface area contributed by atoms with Crippen molar-refractivity contribution in [2.45, 2.75) is 12.5 Å². The molecule has 2 heterocycles. The number of aromatic nitrogens is 1. The second-order valence-electron chi connectivity index (χ2n) is 3.37. The number of hydrogen-bond donors (Lipinski definition) is 1. The van der Waals surface area contributed by atoms with E-state index in [1.54, 1.807) is 17.5 Å². The summed E-state index contributed by atoms with van der Waals surface area (Å²) < 4.78 is 2.09. The molecule has 84 valence electrons. The molecule has 0 spiro atoms. The third-order valence-electron chi connectivity index (χ3n) is 2.23. The second kappa shape index (κ2) is 5.40. The number of halogens is 2. The predicted molar refractivity (Wildman–Crippen MR) is 74.6 cm³/mol. The third-order valence-corrected chi connectivity index (χ3v) is 4.85. The van der Waals surface area contributed by atoms with Gasteiger partial charge in [-0.25, -0.2) is 0 Å². The van der Waals surface area contributed by atoms with Gasteiger partial charge in [-0.15, -0.1) is 11.3 Å². The van der Waals surface area contributed by atoms with Gasteiger partial charge >= 0.3 is 0 Å². The lowest BCUT2D eigenvalue weighted by molar-refractivity contribution is 0.698. The first-order valence-electron chi connectivity index (χ1n) is 4.76. The Bertz CT molecular complexity index is 484. The maximum Gasteiger partial charge on any atom is 0.0716 e. The van der Waals surface area contributed by atoms with Gasteiger partial charge in [-0.1, -0.05) is 0 Å².